The van der Waals surface area contributed by atoms with Gasteiger partial charge in [0.15, 0.2) is 0 Å². The van der Waals surface area contributed by atoms with Gasteiger partial charge in [-0.1, -0.05) is 18.2 Å². The number of halogens is 1. The number of carbonyl (C=O) groups is 1. The standard InChI is InChI=1S/C18H13FN4O3/c19-13-7-6-11(10-20)15-16(13)22-14(8-9-21-18(25)26)23(17(15)24)12-4-2-1-3-5-12/h1-7,21H,8-9H2,(H,25,26). The summed E-state index contributed by atoms with van der Waals surface area (Å²) in [7, 11) is 0. The molecule has 0 aliphatic heterocycles. The van der Waals surface area contributed by atoms with E-state index in [9.17, 15) is 19.2 Å². The average Bonchev–Trinajstić information content (AvgIpc) is 2.63. The molecule has 0 saturated heterocycles. The van der Waals surface area contributed by atoms with Crippen molar-refractivity contribution in [3.63, 3.8) is 0 Å². The summed E-state index contributed by atoms with van der Waals surface area (Å²) in [6.45, 7) is -0.000324. The number of hydrogen-bond acceptors (Lipinski definition) is 4. The van der Waals surface area contributed by atoms with E-state index in [0.717, 1.165) is 6.07 Å². The fourth-order valence-corrected chi connectivity index (χ4v) is 2.69. The van der Waals surface area contributed by atoms with Crippen molar-refractivity contribution < 1.29 is 14.3 Å². The van der Waals surface area contributed by atoms with Crippen molar-refractivity contribution in [1.29, 1.82) is 5.26 Å². The lowest BCUT2D eigenvalue weighted by Gasteiger charge is -2.14. The third-order valence-corrected chi connectivity index (χ3v) is 3.80. The lowest BCUT2D eigenvalue weighted by atomic mass is 10.1. The molecule has 1 heterocycles. The summed E-state index contributed by atoms with van der Waals surface area (Å²) in [6.07, 6.45) is -1.14. The first-order valence-corrected chi connectivity index (χ1v) is 7.69. The molecule has 0 aliphatic carbocycles. The monoisotopic (exact) mass is 352 g/mol. The molecule has 26 heavy (non-hydrogen) atoms. The number of para-hydroxylation sites is 1. The lowest BCUT2D eigenvalue weighted by Crippen LogP contribution is -2.29. The zero-order valence-corrected chi connectivity index (χ0v) is 13.4. The molecule has 130 valence electrons. The molecule has 0 atom stereocenters. The molecule has 0 spiro atoms. The van der Waals surface area contributed by atoms with Crippen LogP contribution in [0, 0.1) is 17.1 Å². The van der Waals surface area contributed by atoms with Gasteiger partial charge in [0.1, 0.15) is 23.2 Å². The normalized spacial score (nSPS) is 10.5. The number of aromatic nitrogens is 2. The Morgan fingerprint density at radius 3 is 2.65 bits per heavy atom. The van der Waals surface area contributed by atoms with Crippen LogP contribution in [0.2, 0.25) is 0 Å². The maximum absolute atomic E-state index is 14.2. The molecular formula is C18H13FN4O3. The highest BCUT2D eigenvalue weighted by Gasteiger charge is 2.18. The maximum atomic E-state index is 14.2. The first kappa shape index (κ1) is 17.1. The Bertz CT molecular complexity index is 1090. The van der Waals surface area contributed by atoms with Gasteiger partial charge in [0.25, 0.3) is 5.56 Å². The highest BCUT2D eigenvalue weighted by Crippen LogP contribution is 2.19. The average molecular weight is 352 g/mol. The van der Waals surface area contributed by atoms with E-state index in [-0.39, 0.29) is 35.3 Å². The van der Waals surface area contributed by atoms with Crippen molar-refractivity contribution >= 4 is 17.0 Å². The maximum Gasteiger partial charge on any atom is 0.404 e. The minimum atomic E-state index is -1.21. The summed E-state index contributed by atoms with van der Waals surface area (Å²) in [5.41, 5.74) is -0.265. The summed E-state index contributed by atoms with van der Waals surface area (Å²) in [6, 6.07) is 12.8. The van der Waals surface area contributed by atoms with Gasteiger partial charge >= 0.3 is 6.09 Å². The van der Waals surface area contributed by atoms with Crippen LogP contribution in [-0.2, 0) is 6.42 Å². The van der Waals surface area contributed by atoms with Crippen molar-refractivity contribution in [3.8, 4) is 11.8 Å². The molecule has 2 aromatic carbocycles. The van der Waals surface area contributed by atoms with Gasteiger partial charge in [-0.15, -0.1) is 0 Å². The lowest BCUT2D eigenvalue weighted by molar-refractivity contribution is 0.194. The van der Waals surface area contributed by atoms with Crippen LogP contribution in [0.1, 0.15) is 11.4 Å². The summed E-state index contributed by atoms with van der Waals surface area (Å²) >= 11 is 0. The molecule has 7 nitrogen and oxygen atoms in total. The summed E-state index contributed by atoms with van der Waals surface area (Å²) in [5.74, 6) is -0.528. The Kier molecular flexibility index (Phi) is 4.62. The zero-order valence-electron chi connectivity index (χ0n) is 13.4. The van der Waals surface area contributed by atoms with Crippen molar-refractivity contribution in [1.82, 2.24) is 14.9 Å². The summed E-state index contributed by atoms with van der Waals surface area (Å²) in [4.78, 5) is 27.9. The number of nitrogens with one attached hydrogen (secondary N) is 1. The number of carboxylic acid groups (broad SMARTS) is 1. The van der Waals surface area contributed by atoms with Gasteiger partial charge in [0.05, 0.1) is 16.6 Å². The van der Waals surface area contributed by atoms with Crippen molar-refractivity contribution in [2.45, 2.75) is 6.42 Å². The second kappa shape index (κ2) is 7.03. The van der Waals surface area contributed by atoms with E-state index >= 15 is 0 Å². The number of fused-ring (bicyclic) bond motifs is 1. The third-order valence-electron chi connectivity index (χ3n) is 3.80. The number of benzene rings is 2. The van der Waals surface area contributed by atoms with Gasteiger partial charge < -0.3 is 10.4 Å². The second-order valence-corrected chi connectivity index (χ2v) is 5.42. The molecule has 0 fully saturated rings. The number of nitriles is 1. The molecule has 8 heteroatoms. The van der Waals surface area contributed by atoms with Crippen LogP contribution in [0.25, 0.3) is 16.6 Å². The predicted molar refractivity (Wildman–Crippen MR) is 91.7 cm³/mol. The molecule has 0 unspecified atom stereocenters. The number of nitrogens with zero attached hydrogens (tertiary/aromatic N) is 3. The van der Waals surface area contributed by atoms with Crippen molar-refractivity contribution in [2.24, 2.45) is 0 Å². The predicted octanol–water partition coefficient (Wildman–Crippen LogP) is 2.21. The Labute approximate surface area is 147 Å². The fraction of sp³-hybridized carbons (Fsp3) is 0.111. The van der Waals surface area contributed by atoms with Crippen LogP contribution < -0.4 is 10.9 Å². The molecule has 1 aromatic heterocycles. The number of hydrogen-bond donors (Lipinski definition) is 2. The molecule has 0 saturated carbocycles. The van der Waals surface area contributed by atoms with Crippen LogP contribution in [-0.4, -0.2) is 27.3 Å². The Balaban J connectivity index is 2.30. The van der Waals surface area contributed by atoms with Crippen LogP contribution >= 0.6 is 0 Å². The van der Waals surface area contributed by atoms with E-state index in [2.05, 4.69) is 10.3 Å². The van der Waals surface area contributed by atoms with Gasteiger partial charge in [-0.25, -0.2) is 14.2 Å². The van der Waals surface area contributed by atoms with Crippen molar-refractivity contribution in [3.05, 3.63) is 70.0 Å². The first-order valence-electron chi connectivity index (χ1n) is 7.69. The highest BCUT2D eigenvalue weighted by molar-refractivity contribution is 5.84. The molecule has 3 aromatic rings. The van der Waals surface area contributed by atoms with Crippen LogP contribution in [0.15, 0.2) is 47.3 Å². The van der Waals surface area contributed by atoms with Gasteiger partial charge in [0, 0.05) is 13.0 Å². The van der Waals surface area contributed by atoms with Crippen LogP contribution in [0.5, 0.6) is 0 Å². The molecule has 2 N–H and O–H groups in total. The zero-order chi connectivity index (χ0) is 18.7. The quantitative estimate of drug-likeness (QED) is 0.748. The van der Waals surface area contributed by atoms with Crippen molar-refractivity contribution in [2.75, 3.05) is 6.54 Å². The minimum Gasteiger partial charge on any atom is -0.465 e. The molecule has 0 radical (unpaired) electrons. The largest absolute Gasteiger partial charge is 0.465 e. The fourth-order valence-electron chi connectivity index (χ4n) is 2.69. The highest BCUT2D eigenvalue weighted by atomic mass is 19.1. The number of rotatable bonds is 4. The molecule has 3 rings (SSSR count). The van der Waals surface area contributed by atoms with Gasteiger partial charge in [0.2, 0.25) is 0 Å². The molecule has 0 bridgehead atoms. The summed E-state index contributed by atoms with van der Waals surface area (Å²) < 4.78 is 15.5. The van der Waals surface area contributed by atoms with E-state index < -0.39 is 17.5 Å². The first-order chi connectivity index (χ1) is 12.5. The van der Waals surface area contributed by atoms with Gasteiger partial charge in [-0.05, 0) is 24.3 Å². The third kappa shape index (κ3) is 3.10. The van der Waals surface area contributed by atoms with E-state index in [4.69, 9.17) is 5.11 Å². The molecular weight excluding hydrogens is 339 g/mol. The van der Waals surface area contributed by atoms with E-state index in [1.54, 1.807) is 30.3 Å². The second-order valence-electron chi connectivity index (χ2n) is 5.42. The Hall–Kier alpha value is -3.73. The topological polar surface area (TPSA) is 108 Å². The molecule has 1 amide bonds. The van der Waals surface area contributed by atoms with E-state index in [0.29, 0.717) is 5.69 Å². The van der Waals surface area contributed by atoms with Crippen LogP contribution in [0.3, 0.4) is 0 Å². The number of amides is 1. The smallest absolute Gasteiger partial charge is 0.404 e. The molecule has 0 aliphatic rings. The van der Waals surface area contributed by atoms with Crippen LogP contribution in [0.4, 0.5) is 9.18 Å². The minimum absolute atomic E-state index is 0.000324. The van der Waals surface area contributed by atoms with E-state index in [1.807, 2.05) is 6.07 Å². The van der Waals surface area contributed by atoms with E-state index in [1.165, 1.54) is 10.6 Å². The van der Waals surface area contributed by atoms with Gasteiger partial charge in [-0.3, -0.25) is 9.36 Å². The Morgan fingerprint density at radius 1 is 1.27 bits per heavy atom. The van der Waals surface area contributed by atoms with Gasteiger partial charge in [-0.2, -0.15) is 5.26 Å². The Morgan fingerprint density at radius 2 is 2.00 bits per heavy atom. The SMILES string of the molecule is N#Cc1ccc(F)c2nc(CCNC(=O)O)n(-c3ccccc3)c(=O)c12. The summed E-state index contributed by atoms with van der Waals surface area (Å²) in [5, 5.41) is 20.1.